The number of aliphatic hydroxyl groups is 1. The summed E-state index contributed by atoms with van der Waals surface area (Å²) in [4.78, 5) is 12.6. The Kier molecular flexibility index (Phi) is 3.74. The van der Waals surface area contributed by atoms with Crippen LogP contribution in [0.3, 0.4) is 0 Å². The Morgan fingerprint density at radius 3 is 2.48 bits per heavy atom. The standard InChI is InChI=1S/C18H18O5/c1-11-15(21-2)9-13-14(19)10-18(20,12-7-5-4-6-8-12)23-17(13)16(11)22-3/h4-9,20H,10H2,1-3H3/t18-/m0/s1. The van der Waals surface area contributed by atoms with Crippen molar-refractivity contribution >= 4 is 5.78 Å². The van der Waals surface area contributed by atoms with Gasteiger partial charge >= 0.3 is 0 Å². The Hall–Kier alpha value is -2.53. The highest BCUT2D eigenvalue weighted by atomic mass is 16.6. The number of ether oxygens (including phenoxy) is 3. The maximum absolute atomic E-state index is 12.6. The first kappa shape index (κ1) is 15.4. The number of hydrogen-bond acceptors (Lipinski definition) is 5. The van der Waals surface area contributed by atoms with Gasteiger partial charge in [-0.3, -0.25) is 4.79 Å². The van der Waals surface area contributed by atoms with Crippen molar-refractivity contribution in [1.82, 2.24) is 0 Å². The number of methoxy groups -OCH3 is 2. The lowest BCUT2D eigenvalue weighted by atomic mass is 9.92. The van der Waals surface area contributed by atoms with Gasteiger partial charge in [0.05, 0.1) is 26.2 Å². The van der Waals surface area contributed by atoms with Gasteiger partial charge < -0.3 is 19.3 Å². The highest BCUT2D eigenvalue weighted by Gasteiger charge is 2.42. The number of ketones is 1. The molecule has 0 unspecified atom stereocenters. The van der Waals surface area contributed by atoms with Crippen LogP contribution < -0.4 is 14.2 Å². The third-order valence-electron chi connectivity index (χ3n) is 4.06. The molecule has 0 fully saturated rings. The maximum atomic E-state index is 12.6. The number of fused-ring (bicyclic) bond motifs is 1. The second kappa shape index (κ2) is 5.59. The van der Waals surface area contributed by atoms with Crippen molar-refractivity contribution in [2.45, 2.75) is 19.1 Å². The van der Waals surface area contributed by atoms with Crippen molar-refractivity contribution in [3.05, 3.63) is 53.1 Å². The Balaban J connectivity index is 2.16. The molecule has 120 valence electrons. The minimum absolute atomic E-state index is 0.167. The number of Topliss-reactive ketones (excluding diaryl/α,β-unsaturated/α-hetero) is 1. The lowest BCUT2D eigenvalue weighted by Gasteiger charge is -2.34. The van der Waals surface area contributed by atoms with Crippen molar-refractivity contribution in [1.29, 1.82) is 0 Å². The minimum atomic E-state index is -1.71. The normalized spacial score (nSPS) is 19.7. The SMILES string of the molecule is COc1cc2c(c(OC)c1C)O[C@](O)(c1ccccc1)CC2=O. The van der Waals surface area contributed by atoms with E-state index in [4.69, 9.17) is 14.2 Å². The van der Waals surface area contributed by atoms with Crippen LogP contribution in [0.5, 0.6) is 17.2 Å². The molecule has 1 aliphatic rings. The van der Waals surface area contributed by atoms with E-state index in [-0.39, 0.29) is 18.0 Å². The molecular formula is C18H18O5. The summed E-state index contributed by atoms with van der Waals surface area (Å²) in [5, 5.41) is 10.9. The van der Waals surface area contributed by atoms with E-state index in [1.54, 1.807) is 30.3 Å². The van der Waals surface area contributed by atoms with Gasteiger partial charge in [0.25, 0.3) is 0 Å². The Morgan fingerprint density at radius 1 is 1.17 bits per heavy atom. The molecular weight excluding hydrogens is 296 g/mol. The predicted octanol–water partition coefficient (Wildman–Crippen LogP) is 2.82. The van der Waals surface area contributed by atoms with E-state index in [1.165, 1.54) is 14.2 Å². The van der Waals surface area contributed by atoms with Crippen molar-refractivity contribution in [2.24, 2.45) is 0 Å². The van der Waals surface area contributed by atoms with Crippen LogP contribution >= 0.6 is 0 Å². The fraction of sp³-hybridized carbons (Fsp3) is 0.278. The minimum Gasteiger partial charge on any atom is -0.496 e. The van der Waals surface area contributed by atoms with E-state index in [1.807, 2.05) is 13.0 Å². The van der Waals surface area contributed by atoms with E-state index < -0.39 is 5.79 Å². The molecule has 23 heavy (non-hydrogen) atoms. The molecule has 0 saturated carbocycles. The molecule has 1 aliphatic heterocycles. The average molecular weight is 314 g/mol. The third-order valence-corrected chi connectivity index (χ3v) is 4.06. The topological polar surface area (TPSA) is 65.0 Å². The van der Waals surface area contributed by atoms with Gasteiger partial charge in [0, 0.05) is 11.1 Å². The summed E-state index contributed by atoms with van der Waals surface area (Å²) in [6.07, 6.45) is -0.167. The van der Waals surface area contributed by atoms with Gasteiger partial charge in [-0.1, -0.05) is 30.3 Å². The zero-order valence-corrected chi connectivity index (χ0v) is 13.3. The smallest absolute Gasteiger partial charge is 0.242 e. The fourth-order valence-corrected chi connectivity index (χ4v) is 2.85. The fourth-order valence-electron chi connectivity index (χ4n) is 2.85. The van der Waals surface area contributed by atoms with E-state index >= 15 is 0 Å². The van der Waals surface area contributed by atoms with Crippen molar-refractivity contribution in [3.8, 4) is 17.2 Å². The summed E-state index contributed by atoms with van der Waals surface area (Å²) in [7, 11) is 3.02. The van der Waals surface area contributed by atoms with Crippen LogP contribution in [-0.4, -0.2) is 25.1 Å². The van der Waals surface area contributed by atoms with Gasteiger partial charge in [0.1, 0.15) is 5.75 Å². The zero-order chi connectivity index (χ0) is 16.6. The second-order valence-electron chi connectivity index (χ2n) is 5.47. The van der Waals surface area contributed by atoms with Crippen LogP contribution in [-0.2, 0) is 5.79 Å². The molecule has 5 heteroatoms. The molecule has 0 bridgehead atoms. The summed E-state index contributed by atoms with van der Waals surface area (Å²) in [5.41, 5.74) is 1.58. The van der Waals surface area contributed by atoms with Crippen LogP contribution in [0.2, 0.25) is 0 Å². The molecule has 0 spiro atoms. The monoisotopic (exact) mass is 314 g/mol. The van der Waals surface area contributed by atoms with E-state index in [0.29, 0.717) is 28.2 Å². The van der Waals surface area contributed by atoms with Gasteiger partial charge in [-0.25, -0.2) is 0 Å². The molecule has 0 amide bonds. The second-order valence-corrected chi connectivity index (χ2v) is 5.47. The van der Waals surface area contributed by atoms with Gasteiger partial charge in [0.2, 0.25) is 5.79 Å². The highest BCUT2D eigenvalue weighted by Crippen LogP contribution is 2.47. The van der Waals surface area contributed by atoms with E-state index in [9.17, 15) is 9.90 Å². The van der Waals surface area contributed by atoms with Gasteiger partial charge in [-0.2, -0.15) is 0 Å². The van der Waals surface area contributed by atoms with Crippen LogP contribution in [0.25, 0.3) is 0 Å². The van der Waals surface area contributed by atoms with Crippen molar-refractivity contribution in [3.63, 3.8) is 0 Å². The number of hydrogen-bond donors (Lipinski definition) is 1. The van der Waals surface area contributed by atoms with E-state index in [2.05, 4.69) is 0 Å². The summed E-state index contributed by atoms with van der Waals surface area (Å²) >= 11 is 0. The summed E-state index contributed by atoms with van der Waals surface area (Å²) in [5.74, 6) is -0.758. The average Bonchev–Trinajstić information content (AvgIpc) is 2.55. The molecule has 1 heterocycles. The zero-order valence-electron chi connectivity index (χ0n) is 13.3. The molecule has 0 aliphatic carbocycles. The summed E-state index contributed by atoms with van der Waals surface area (Å²) in [6.45, 7) is 1.81. The van der Waals surface area contributed by atoms with Gasteiger partial charge in [0.15, 0.2) is 17.3 Å². The lowest BCUT2D eigenvalue weighted by molar-refractivity contribution is -0.148. The van der Waals surface area contributed by atoms with Gasteiger partial charge in [-0.15, -0.1) is 0 Å². The first-order valence-electron chi connectivity index (χ1n) is 7.26. The number of carbonyl (C=O) groups is 1. The van der Waals surface area contributed by atoms with Crippen LogP contribution in [0.15, 0.2) is 36.4 Å². The molecule has 1 atom stereocenters. The lowest BCUT2D eigenvalue weighted by Crippen LogP contribution is -2.39. The molecule has 2 aromatic rings. The van der Waals surface area contributed by atoms with Crippen LogP contribution in [0, 0.1) is 6.92 Å². The van der Waals surface area contributed by atoms with Crippen molar-refractivity contribution in [2.75, 3.05) is 14.2 Å². The molecule has 2 aromatic carbocycles. The quantitative estimate of drug-likeness (QED) is 0.944. The molecule has 0 radical (unpaired) electrons. The Bertz CT molecular complexity index is 754. The third kappa shape index (κ3) is 2.43. The highest BCUT2D eigenvalue weighted by molar-refractivity contribution is 6.02. The van der Waals surface area contributed by atoms with Crippen LogP contribution in [0.1, 0.15) is 27.9 Å². The Morgan fingerprint density at radius 2 is 1.87 bits per heavy atom. The number of benzene rings is 2. The molecule has 5 nitrogen and oxygen atoms in total. The maximum Gasteiger partial charge on any atom is 0.242 e. The molecule has 1 N–H and O–H groups in total. The first-order valence-corrected chi connectivity index (χ1v) is 7.26. The van der Waals surface area contributed by atoms with Crippen LogP contribution in [0.4, 0.5) is 0 Å². The molecule has 0 aromatic heterocycles. The van der Waals surface area contributed by atoms with Crippen molar-refractivity contribution < 1.29 is 24.1 Å². The first-order chi connectivity index (χ1) is 11.0. The predicted molar refractivity (Wildman–Crippen MR) is 84.2 cm³/mol. The molecule has 3 rings (SSSR count). The Labute approximate surface area is 134 Å². The largest absolute Gasteiger partial charge is 0.496 e. The summed E-state index contributed by atoms with van der Waals surface area (Å²) in [6, 6.07) is 10.5. The number of rotatable bonds is 3. The van der Waals surface area contributed by atoms with Gasteiger partial charge in [-0.05, 0) is 13.0 Å². The summed E-state index contributed by atoms with van der Waals surface area (Å²) < 4.78 is 16.5. The molecule has 0 saturated heterocycles. The van der Waals surface area contributed by atoms with E-state index in [0.717, 1.165) is 0 Å². The number of carbonyl (C=O) groups excluding carboxylic acids is 1.